The SMILES string of the molecule is CCOc1ccc(Br)cc1C(O)c1ccoc1CC. The summed E-state index contributed by atoms with van der Waals surface area (Å²) in [6.45, 7) is 4.49. The lowest BCUT2D eigenvalue weighted by molar-refractivity contribution is 0.209. The van der Waals surface area contributed by atoms with Crippen molar-refractivity contribution in [1.29, 1.82) is 0 Å². The average molecular weight is 325 g/mol. The lowest BCUT2D eigenvalue weighted by Gasteiger charge is -2.16. The largest absolute Gasteiger partial charge is 0.493 e. The van der Waals surface area contributed by atoms with Gasteiger partial charge in [-0.2, -0.15) is 0 Å². The summed E-state index contributed by atoms with van der Waals surface area (Å²) in [5.74, 6) is 1.50. The number of hydrogen-bond donors (Lipinski definition) is 1. The summed E-state index contributed by atoms with van der Waals surface area (Å²) in [7, 11) is 0. The van der Waals surface area contributed by atoms with Crippen molar-refractivity contribution in [3.05, 3.63) is 51.9 Å². The van der Waals surface area contributed by atoms with Crippen LogP contribution < -0.4 is 4.74 Å². The van der Waals surface area contributed by atoms with Gasteiger partial charge in [0, 0.05) is 22.0 Å². The van der Waals surface area contributed by atoms with Gasteiger partial charge >= 0.3 is 0 Å². The Bertz CT molecular complexity index is 548. The normalized spacial score (nSPS) is 12.4. The van der Waals surface area contributed by atoms with Crippen molar-refractivity contribution in [3.63, 3.8) is 0 Å². The fourth-order valence-electron chi connectivity index (χ4n) is 2.07. The fraction of sp³-hybridized carbons (Fsp3) is 0.333. The highest BCUT2D eigenvalue weighted by Gasteiger charge is 2.20. The van der Waals surface area contributed by atoms with Crippen molar-refractivity contribution >= 4 is 15.9 Å². The molecule has 1 heterocycles. The molecule has 0 fully saturated rings. The highest BCUT2D eigenvalue weighted by atomic mass is 79.9. The second-order valence-corrected chi connectivity index (χ2v) is 5.09. The zero-order valence-corrected chi connectivity index (χ0v) is 12.6. The summed E-state index contributed by atoms with van der Waals surface area (Å²) in [6, 6.07) is 7.44. The number of ether oxygens (including phenoxy) is 1. The van der Waals surface area contributed by atoms with Crippen LogP contribution in [0.1, 0.15) is 36.8 Å². The summed E-state index contributed by atoms with van der Waals surface area (Å²) in [5.41, 5.74) is 1.54. The fourth-order valence-corrected chi connectivity index (χ4v) is 2.45. The third kappa shape index (κ3) is 3.01. The second kappa shape index (κ2) is 6.26. The van der Waals surface area contributed by atoms with E-state index in [2.05, 4.69) is 15.9 Å². The van der Waals surface area contributed by atoms with Gasteiger partial charge in [-0.25, -0.2) is 0 Å². The number of aliphatic hydroxyl groups excluding tert-OH is 1. The van der Waals surface area contributed by atoms with Crippen molar-refractivity contribution in [3.8, 4) is 5.75 Å². The predicted molar refractivity (Wildman–Crippen MR) is 77.5 cm³/mol. The molecule has 0 radical (unpaired) electrons. The summed E-state index contributed by atoms with van der Waals surface area (Å²) in [6.07, 6.45) is 1.61. The van der Waals surface area contributed by atoms with Gasteiger partial charge in [0.1, 0.15) is 17.6 Å². The highest BCUT2D eigenvalue weighted by Crippen LogP contribution is 2.34. The van der Waals surface area contributed by atoms with Gasteiger partial charge in [0.25, 0.3) is 0 Å². The van der Waals surface area contributed by atoms with Gasteiger partial charge in [-0.3, -0.25) is 0 Å². The molecule has 0 aliphatic carbocycles. The van der Waals surface area contributed by atoms with Crippen LogP contribution in [0.4, 0.5) is 0 Å². The van der Waals surface area contributed by atoms with Gasteiger partial charge in [-0.05, 0) is 31.2 Å². The Labute approximate surface area is 121 Å². The summed E-state index contributed by atoms with van der Waals surface area (Å²) in [5, 5.41) is 10.6. The van der Waals surface area contributed by atoms with Crippen molar-refractivity contribution < 1.29 is 14.3 Å². The molecule has 19 heavy (non-hydrogen) atoms. The molecule has 1 aromatic heterocycles. The number of rotatable bonds is 5. The molecule has 0 aliphatic heterocycles. The number of aliphatic hydroxyl groups is 1. The topological polar surface area (TPSA) is 42.6 Å². The van der Waals surface area contributed by atoms with Crippen molar-refractivity contribution in [1.82, 2.24) is 0 Å². The zero-order chi connectivity index (χ0) is 13.8. The molecule has 0 amide bonds. The van der Waals surface area contributed by atoms with Gasteiger partial charge in [0.2, 0.25) is 0 Å². The Morgan fingerprint density at radius 3 is 2.74 bits per heavy atom. The first-order valence-corrected chi connectivity index (χ1v) is 7.13. The van der Waals surface area contributed by atoms with E-state index in [1.54, 1.807) is 12.3 Å². The smallest absolute Gasteiger partial charge is 0.125 e. The lowest BCUT2D eigenvalue weighted by atomic mass is 10.0. The molecule has 1 atom stereocenters. The van der Waals surface area contributed by atoms with E-state index in [4.69, 9.17) is 9.15 Å². The van der Waals surface area contributed by atoms with Crippen molar-refractivity contribution in [2.75, 3.05) is 6.61 Å². The number of halogens is 1. The van der Waals surface area contributed by atoms with E-state index in [0.29, 0.717) is 12.4 Å². The molecule has 1 aromatic carbocycles. The predicted octanol–water partition coefficient (Wildman–Crippen LogP) is 4.08. The minimum absolute atomic E-state index is 0.563. The van der Waals surface area contributed by atoms with E-state index in [0.717, 1.165) is 27.8 Å². The van der Waals surface area contributed by atoms with Gasteiger partial charge in [-0.15, -0.1) is 0 Å². The molecule has 4 heteroatoms. The first-order chi connectivity index (χ1) is 9.17. The average Bonchev–Trinajstić information content (AvgIpc) is 2.88. The molecule has 102 valence electrons. The van der Waals surface area contributed by atoms with E-state index in [9.17, 15) is 5.11 Å². The summed E-state index contributed by atoms with van der Waals surface area (Å²) >= 11 is 3.42. The molecule has 0 bridgehead atoms. The van der Waals surface area contributed by atoms with Crippen molar-refractivity contribution in [2.24, 2.45) is 0 Å². The zero-order valence-electron chi connectivity index (χ0n) is 11.0. The van der Waals surface area contributed by atoms with Crippen LogP contribution in [0.15, 0.2) is 39.4 Å². The van der Waals surface area contributed by atoms with E-state index < -0.39 is 6.10 Å². The molecule has 0 saturated heterocycles. The second-order valence-electron chi connectivity index (χ2n) is 4.17. The van der Waals surface area contributed by atoms with E-state index in [-0.39, 0.29) is 0 Å². The molecule has 2 aromatic rings. The molecule has 0 spiro atoms. The van der Waals surface area contributed by atoms with Crippen LogP contribution in [-0.4, -0.2) is 11.7 Å². The molecule has 1 unspecified atom stereocenters. The Kier molecular flexibility index (Phi) is 4.66. The third-order valence-corrected chi connectivity index (χ3v) is 3.46. The molecule has 3 nitrogen and oxygen atoms in total. The van der Waals surface area contributed by atoms with Crippen molar-refractivity contribution in [2.45, 2.75) is 26.4 Å². The van der Waals surface area contributed by atoms with Crippen LogP contribution in [0.5, 0.6) is 5.75 Å². The molecular weight excluding hydrogens is 308 g/mol. The van der Waals surface area contributed by atoms with Crippen LogP contribution in [0, 0.1) is 0 Å². The first-order valence-electron chi connectivity index (χ1n) is 6.33. The van der Waals surface area contributed by atoms with E-state index in [1.807, 2.05) is 32.0 Å². The Balaban J connectivity index is 2.42. The molecule has 0 aliphatic rings. The number of hydrogen-bond acceptors (Lipinski definition) is 3. The maximum atomic E-state index is 10.6. The monoisotopic (exact) mass is 324 g/mol. The van der Waals surface area contributed by atoms with Crippen LogP contribution >= 0.6 is 15.9 Å². The molecule has 0 saturated carbocycles. The Morgan fingerprint density at radius 2 is 2.05 bits per heavy atom. The maximum Gasteiger partial charge on any atom is 0.125 e. The van der Waals surface area contributed by atoms with Crippen LogP contribution in [0.3, 0.4) is 0 Å². The quantitative estimate of drug-likeness (QED) is 0.900. The molecular formula is C15H17BrO3. The minimum atomic E-state index is -0.743. The van der Waals surface area contributed by atoms with Gasteiger partial charge in [0.15, 0.2) is 0 Å². The highest BCUT2D eigenvalue weighted by molar-refractivity contribution is 9.10. The van der Waals surface area contributed by atoms with Crippen LogP contribution in [-0.2, 0) is 6.42 Å². The Hall–Kier alpha value is -1.26. The van der Waals surface area contributed by atoms with E-state index >= 15 is 0 Å². The maximum absolute atomic E-state index is 10.6. The van der Waals surface area contributed by atoms with Gasteiger partial charge in [0.05, 0.1) is 12.9 Å². The number of benzene rings is 1. The van der Waals surface area contributed by atoms with E-state index in [1.165, 1.54) is 0 Å². The van der Waals surface area contributed by atoms with Crippen LogP contribution in [0.2, 0.25) is 0 Å². The summed E-state index contributed by atoms with van der Waals surface area (Å²) in [4.78, 5) is 0. The van der Waals surface area contributed by atoms with Crippen LogP contribution in [0.25, 0.3) is 0 Å². The first kappa shape index (κ1) is 14.2. The summed E-state index contributed by atoms with van der Waals surface area (Å²) < 4.78 is 11.9. The third-order valence-electron chi connectivity index (χ3n) is 2.96. The van der Waals surface area contributed by atoms with Gasteiger partial charge in [-0.1, -0.05) is 22.9 Å². The Morgan fingerprint density at radius 1 is 1.26 bits per heavy atom. The minimum Gasteiger partial charge on any atom is -0.493 e. The van der Waals surface area contributed by atoms with Gasteiger partial charge < -0.3 is 14.3 Å². The number of furan rings is 1. The number of aryl methyl sites for hydroxylation is 1. The molecule has 1 N–H and O–H groups in total. The standard InChI is InChI=1S/C15H17BrO3/c1-3-13-11(7-8-19-13)15(17)12-9-10(16)5-6-14(12)18-4-2/h5-9,15,17H,3-4H2,1-2H3. The molecule has 2 rings (SSSR count). The lowest BCUT2D eigenvalue weighted by Crippen LogP contribution is -2.05.